The summed E-state index contributed by atoms with van der Waals surface area (Å²) < 4.78 is 2.57. The van der Waals surface area contributed by atoms with Crippen molar-refractivity contribution >= 4 is 34.3 Å². The van der Waals surface area contributed by atoms with Crippen molar-refractivity contribution in [3.63, 3.8) is 0 Å². The van der Waals surface area contributed by atoms with E-state index in [1.165, 1.54) is 11.1 Å². The Bertz CT molecular complexity index is 808. The second kappa shape index (κ2) is 6.30. The molecule has 0 radical (unpaired) electrons. The molecule has 0 unspecified atom stereocenters. The molecule has 0 atom stereocenters. The molecule has 6 nitrogen and oxygen atoms in total. The van der Waals surface area contributed by atoms with Gasteiger partial charge in [-0.3, -0.25) is 14.6 Å². The predicted octanol–water partition coefficient (Wildman–Crippen LogP) is 2.82. The first-order valence-electron chi connectivity index (χ1n) is 6.71. The maximum absolute atomic E-state index is 12.1. The van der Waals surface area contributed by atoms with Crippen LogP contribution in [0.4, 0.5) is 5.82 Å². The third kappa shape index (κ3) is 3.19. The Morgan fingerprint density at radius 1 is 1.36 bits per heavy atom. The Morgan fingerprint density at radius 3 is 2.91 bits per heavy atom. The molecule has 0 aliphatic heterocycles. The Hall–Kier alpha value is -2.16. The fraction of sp³-hybridized carbons (Fsp3) is 0.133. The number of anilines is 1. The van der Waals surface area contributed by atoms with Crippen molar-refractivity contribution in [2.75, 3.05) is 5.32 Å². The fourth-order valence-corrected chi connectivity index (χ4v) is 2.59. The van der Waals surface area contributed by atoms with Crippen LogP contribution in [0.5, 0.6) is 0 Å². The van der Waals surface area contributed by atoms with Crippen LogP contribution < -0.4 is 5.32 Å². The molecule has 3 rings (SSSR count). The van der Waals surface area contributed by atoms with Crippen LogP contribution in [0.1, 0.15) is 21.6 Å². The van der Waals surface area contributed by atoms with Gasteiger partial charge in [-0.05, 0) is 40.6 Å². The van der Waals surface area contributed by atoms with E-state index in [1.807, 2.05) is 18.3 Å². The van der Waals surface area contributed by atoms with E-state index in [4.69, 9.17) is 0 Å². The molecule has 0 fully saturated rings. The van der Waals surface area contributed by atoms with Gasteiger partial charge in [0.2, 0.25) is 0 Å². The molecule has 1 aromatic carbocycles. The zero-order chi connectivity index (χ0) is 15.5. The zero-order valence-corrected chi connectivity index (χ0v) is 14.0. The van der Waals surface area contributed by atoms with E-state index in [0.717, 1.165) is 3.57 Å². The second-order valence-corrected chi connectivity index (χ2v) is 6.03. The SMILES string of the molecule is Cc1ccccc1Cn1ccc(NC(=O)c2[nH]ncc2I)n1. The molecule has 0 spiro atoms. The molecular formula is C15H14IN5O. The quantitative estimate of drug-likeness (QED) is 0.654. The number of aryl methyl sites for hydroxylation is 1. The maximum Gasteiger partial charge on any atom is 0.275 e. The van der Waals surface area contributed by atoms with Gasteiger partial charge in [0.1, 0.15) is 5.69 Å². The predicted molar refractivity (Wildman–Crippen MR) is 91.8 cm³/mol. The van der Waals surface area contributed by atoms with E-state index < -0.39 is 0 Å². The summed E-state index contributed by atoms with van der Waals surface area (Å²) in [5.41, 5.74) is 2.86. The number of amides is 1. The summed E-state index contributed by atoms with van der Waals surface area (Å²) in [7, 11) is 0. The van der Waals surface area contributed by atoms with Gasteiger partial charge in [-0.1, -0.05) is 24.3 Å². The van der Waals surface area contributed by atoms with E-state index in [-0.39, 0.29) is 5.91 Å². The van der Waals surface area contributed by atoms with Gasteiger partial charge in [0.15, 0.2) is 5.82 Å². The van der Waals surface area contributed by atoms with Crippen molar-refractivity contribution in [3.05, 3.63) is 63.1 Å². The lowest BCUT2D eigenvalue weighted by Crippen LogP contribution is -2.14. The van der Waals surface area contributed by atoms with Crippen molar-refractivity contribution in [1.82, 2.24) is 20.0 Å². The third-order valence-electron chi connectivity index (χ3n) is 3.30. The molecule has 0 aliphatic rings. The lowest BCUT2D eigenvalue weighted by molar-refractivity contribution is 0.102. The highest BCUT2D eigenvalue weighted by molar-refractivity contribution is 14.1. The number of halogens is 1. The highest BCUT2D eigenvalue weighted by Crippen LogP contribution is 2.13. The smallest absolute Gasteiger partial charge is 0.275 e. The van der Waals surface area contributed by atoms with Gasteiger partial charge in [0, 0.05) is 12.3 Å². The first kappa shape index (κ1) is 14.8. The molecule has 0 aliphatic carbocycles. The number of H-pyrrole nitrogens is 1. The van der Waals surface area contributed by atoms with Gasteiger partial charge < -0.3 is 5.32 Å². The highest BCUT2D eigenvalue weighted by atomic mass is 127. The van der Waals surface area contributed by atoms with Gasteiger partial charge in [-0.25, -0.2) is 0 Å². The summed E-state index contributed by atoms with van der Waals surface area (Å²) in [6.07, 6.45) is 3.45. The van der Waals surface area contributed by atoms with Crippen molar-refractivity contribution in [3.8, 4) is 0 Å². The standard InChI is InChI=1S/C15H14IN5O/c1-10-4-2-3-5-11(10)9-21-7-6-13(20-21)18-15(22)14-12(16)8-17-19-14/h2-8H,9H2,1H3,(H,17,19)(H,18,20,22). The summed E-state index contributed by atoms with van der Waals surface area (Å²) in [6.45, 7) is 2.74. The molecule has 3 aromatic rings. The highest BCUT2D eigenvalue weighted by Gasteiger charge is 2.13. The Morgan fingerprint density at radius 2 is 2.18 bits per heavy atom. The van der Waals surface area contributed by atoms with Crippen LogP contribution in [0, 0.1) is 10.5 Å². The van der Waals surface area contributed by atoms with E-state index >= 15 is 0 Å². The minimum Gasteiger partial charge on any atom is -0.304 e. The first-order chi connectivity index (χ1) is 10.6. The molecule has 1 amide bonds. The number of hydrogen-bond acceptors (Lipinski definition) is 3. The molecule has 2 N–H and O–H groups in total. The lowest BCUT2D eigenvalue weighted by atomic mass is 10.1. The van der Waals surface area contributed by atoms with E-state index in [0.29, 0.717) is 18.1 Å². The number of nitrogens with zero attached hydrogens (tertiary/aromatic N) is 3. The van der Waals surface area contributed by atoms with Gasteiger partial charge in [-0.2, -0.15) is 10.2 Å². The monoisotopic (exact) mass is 407 g/mol. The van der Waals surface area contributed by atoms with Crippen molar-refractivity contribution in [2.24, 2.45) is 0 Å². The van der Waals surface area contributed by atoms with Crippen LogP contribution in [0.15, 0.2) is 42.7 Å². The number of rotatable bonds is 4. The van der Waals surface area contributed by atoms with Crippen LogP contribution in [-0.2, 0) is 6.54 Å². The van der Waals surface area contributed by atoms with E-state index in [9.17, 15) is 4.79 Å². The third-order valence-corrected chi connectivity index (χ3v) is 4.11. The maximum atomic E-state index is 12.1. The van der Waals surface area contributed by atoms with E-state index in [1.54, 1.807) is 16.9 Å². The molecule has 7 heteroatoms. The van der Waals surface area contributed by atoms with Crippen LogP contribution in [0.25, 0.3) is 0 Å². The fourth-order valence-electron chi connectivity index (χ4n) is 2.09. The summed E-state index contributed by atoms with van der Waals surface area (Å²) in [5.74, 6) is 0.270. The number of aromatic nitrogens is 4. The minimum absolute atomic E-state index is 0.247. The van der Waals surface area contributed by atoms with Crippen molar-refractivity contribution < 1.29 is 4.79 Å². The second-order valence-electron chi connectivity index (χ2n) is 4.87. The summed E-state index contributed by atoms with van der Waals surface area (Å²) in [5, 5.41) is 13.6. The molecule has 0 saturated carbocycles. The number of hydrogen-bond donors (Lipinski definition) is 2. The molecule has 2 heterocycles. The summed E-state index contributed by atoms with van der Waals surface area (Å²) >= 11 is 2.06. The summed E-state index contributed by atoms with van der Waals surface area (Å²) in [4.78, 5) is 12.1. The Kier molecular flexibility index (Phi) is 4.23. The summed E-state index contributed by atoms with van der Waals surface area (Å²) in [6, 6.07) is 9.94. The number of carbonyl (C=O) groups is 1. The zero-order valence-electron chi connectivity index (χ0n) is 11.9. The number of benzene rings is 1. The number of nitrogens with one attached hydrogen (secondary N) is 2. The molecule has 2 aromatic heterocycles. The van der Waals surface area contributed by atoms with Crippen molar-refractivity contribution in [2.45, 2.75) is 13.5 Å². The molecule has 22 heavy (non-hydrogen) atoms. The Balaban J connectivity index is 1.70. The molecule has 0 bridgehead atoms. The minimum atomic E-state index is -0.247. The number of carbonyl (C=O) groups excluding carboxylic acids is 1. The van der Waals surface area contributed by atoms with Crippen LogP contribution in [0.3, 0.4) is 0 Å². The molecule has 0 saturated heterocycles. The normalized spacial score (nSPS) is 10.6. The average molecular weight is 407 g/mol. The van der Waals surface area contributed by atoms with Gasteiger partial charge in [-0.15, -0.1) is 0 Å². The lowest BCUT2D eigenvalue weighted by Gasteiger charge is -2.05. The van der Waals surface area contributed by atoms with Crippen LogP contribution >= 0.6 is 22.6 Å². The van der Waals surface area contributed by atoms with Gasteiger partial charge >= 0.3 is 0 Å². The van der Waals surface area contributed by atoms with E-state index in [2.05, 4.69) is 62.3 Å². The first-order valence-corrected chi connectivity index (χ1v) is 7.79. The molecule has 112 valence electrons. The topological polar surface area (TPSA) is 75.6 Å². The molecular weight excluding hydrogens is 393 g/mol. The Labute approximate surface area is 141 Å². The van der Waals surface area contributed by atoms with Crippen LogP contribution in [0.2, 0.25) is 0 Å². The van der Waals surface area contributed by atoms with Gasteiger partial charge in [0.05, 0.1) is 16.3 Å². The van der Waals surface area contributed by atoms with Crippen LogP contribution in [-0.4, -0.2) is 25.9 Å². The largest absolute Gasteiger partial charge is 0.304 e. The average Bonchev–Trinajstić information content (AvgIpc) is 3.10. The van der Waals surface area contributed by atoms with Gasteiger partial charge in [0.25, 0.3) is 5.91 Å². The van der Waals surface area contributed by atoms with Crippen molar-refractivity contribution in [1.29, 1.82) is 0 Å². The number of aromatic amines is 1.